The van der Waals surface area contributed by atoms with Gasteiger partial charge in [-0.2, -0.15) is 0 Å². The molecule has 0 aliphatic rings. The van der Waals surface area contributed by atoms with Gasteiger partial charge in [-0.05, 0) is 54.8 Å². The third-order valence-corrected chi connectivity index (χ3v) is 6.55. The number of carbonyl (C=O) groups excluding carboxylic acids is 1. The van der Waals surface area contributed by atoms with Crippen LogP contribution in [-0.2, 0) is 21.2 Å². The first-order valence-electron chi connectivity index (χ1n) is 10.0. The van der Waals surface area contributed by atoms with E-state index in [1.54, 1.807) is 17.5 Å². The smallest absolute Gasteiger partial charge is 0.263 e. The zero-order chi connectivity index (χ0) is 22.1. The molecule has 0 spiro atoms. The van der Waals surface area contributed by atoms with Crippen molar-refractivity contribution in [2.45, 2.75) is 37.5 Å². The Labute approximate surface area is 186 Å². The number of nitrogens with one attached hydrogen (secondary N) is 2. The Hall–Kier alpha value is -2.91. The van der Waals surface area contributed by atoms with E-state index in [4.69, 9.17) is 4.74 Å². The molecule has 0 fully saturated rings. The number of hydrogen-bond donors (Lipinski definition) is 2. The average Bonchev–Trinajstić information content (AvgIpc) is 3.25. The van der Waals surface area contributed by atoms with Crippen LogP contribution < -0.4 is 14.8 Å². The van der Waals surface area contributed by atoms with E-state index in [1.807, 2.05) is 12.1 Å². The normalized spacial score (nSPS) is 11.1. The number of rotatable bonds is 11. The van der Waals surface area contributed by atoms with E-state index in [-0.39, 0.29) is 10.8 Å². The number of carbonyl (C=O) groups is 1. The molecule has 0 unspecified atom stereocenters. The lowest BCUT2D eigenvalue weighted by Gasteiger charge is -2.09. The number of amides is 1. The number of thiazole rings is 1. The van der Waals surface area contributed by atoms with Gasteiger partial charge in [-0.25, -0.2) is 13.4 Å². The van der Waals surface area contributed by atoms with Gasteiger partial charge in [0.2, 0.25) is 5.91 Å². The fourth-order valence-electron chi connectivity index (χ4n) is 2.85. The summed E-state index contributed by atoms with van der Waals surface area (Å²) in [4.78, 5) is 16.1. The fraction of sp³-hybridized carbons (Fsp3) is 0.273. The number of anilines is 2. The summed E-state index contributed by atoms with van der Waals surface area (Å²) >= 11 is 1.20. The van der Waals surface area contributed by atoms with Crippen LogP contribution in [0.3, 0.4) is 0 Å². The molecule has 0 saturated heterocycles. The van der Waals surface area contributed by atoms with Crippen molar-refractivity contribution in [3.05, 3.63) is 65.7 Å². The number of hydrogen-bond acceptors (Lipinski definition) is 6. The molecule has 0 saturated carbocycles. The lowest BCUT2D eigenvalue weighted by atomic mass is 10.1. The summed E-state index contributed by atoms with van der Waals surface area (Å²) in [6.07, 6.45) is 4.56. The number of aromatic nitrogens is 1. The maximum atomic E-state index is 12.3. The highest BCUT2D eigenvalue weighted by atomic mass is 32.2. The maximum Gasteiger partial charge on any atom is 0.263 e. The summed E-state index contributed by atoms with van der Waals surface area (Å²) in [5, 5.41) is 4.75. The first-order chi connectivity index (χ1) is 15.0. The Bertz CT molecular complexity index is 1060. The van der Waals surface area contributed by atoms with E-state index < -0.39 is 10.0 Å². The summed E-state index contributed by atoms with van der Waals surface area (Å²) in [6.45, 7) is 2.59. The average molecular weight is 460 g/mol. The number of benzene rings is 2. The quantitative estimate of drug-likeness (QED) is 0.405. The fourth-order valence-corrected chi connectivity index (χ4v) is 4.64. The van der Waals surface area contributed by atoms with Crippen LogP contribution in [0.1, 0.15) is 31.7 Å². The molecule has 3 rings (SSSR count). The van der Waals surface area contributed by atoms with Gasteiger partial charge in [-0.3, -0.25) is 9.52 Å². The predicted molar refractivity (Wildman–Crippen MR) is 123 cm³/mol. The number of nitrogens with zero attached hydrogens (tertiary/aromatic N) is 1. The van der Waals surface area contributed by atoms with Gasteiger partial charge in [0, 0.05) is 23.7 Å². The van der Waals surface area contributed by atoms with Crippen molar-refractivity contribution in [1.29, 1.82) is 0 Å². The van der Waals surface area contributed by atoms with Crippen LogP contribution in [0.15, 0.2) is 65.0 Å². The van der Waals surface area contributed by atoms with E-state index >= 15 is 0 Å². The van der Waals surface area contributed by atoms with Gasteiger partial charge < -0.3 is 10.1 Å². The Kier molecular flexibility index (Phi) is 8.02. The van der Waals surface area contributed by atoms with Crippen molar-refractivity contribution >= 4 is 38.1 Å². The van der Waals surface area contributed by atoms with Crippen LogP contribution >= 0.6 is 11.3 Å². The lowest BCUT2D eigenvalue weighted by molar-refractivity contribution is -0.116. The molecule has 0 aliphatic carbocycles. The molecule has 2 aromatic carbocycles. The molecule has 0 aliphatic heterocycles. The molecule has 0 radical (unpaired) electrons. The van der Waals surface area contributed by atoms with Gasteiger partial charge in [-0.15, -0.1) is 11.3 Å². The molecular formula is C22H25N3O4S2. The zero-order valence-electron chi connectivity index (χ0n) is 17.2. The number of ether oxygens (including phenoxy) is 1. The topological polar surface area (TPSA) is 97.4 Å². The molecule has 164 valence electrons. The van der Waals surface area contributed by atoms with Crippen molar-refractivity contribution in [3.63, 3.8) is 0 Å². The largest absolute Gasteiger partial charge is 0.494 e. The highest BCUT2D eigenvalue weighted by Gasteiger charge is 2.15. The van der Waals surface area contributed by atoms with Gasteiger partial charge >= 0.3 is 0 Å². The summed E-state index contributed by atoms with van der Waals surface area (Å²) < 4.78 is 32.7. The van der Waals surface area contributed by atoms with Gasteiger partial charge in [-0.1, -0.05) is 25.5 Å². The molecule has 9 heteroatoms. The van der Waals surface area contributed by atoms with Crippen molar-refractivity contribution in [1.82, 2.24) is 4.98 Å². The second kappa shape index (κ2) is 10.9. The summed E-state index contributed by atoms with van der Waals surface area (Å²) in [5.41, 5.74) is 1.82. The van der Waals surface area contributed by atoms with Crippen LogP contribution in [0.2, 0.25) is 0 Å². The van der Waals surface area contributed by atoms with Gasteiger partial charge in [0.05, 0.1) is 11.5 Å². The molecular weight excluding hydrogens is 434 g/mol. The summed E-state index contributed by atoms with van der Waals surface area (Å²) in [6, 6.07) is 14.0. The Morgan fingerprint density at radius 3 is 2.48 bits per heavy atom. The van der Waals surface area contributed by atoms with Crippen LogP contribution in [0, 0.1) is 0 Å². The zero-order valence-corrected chi connectivity index (χ0v) is 18.8. The van der Waals surface area contributed by atoms with Crippen molar-refractivity contribution < 1.29 is 17.9 Å². The monoisotopic (exact) mass is 459 g/mol. The van der Waals surface area contributed by atoms with E-state index in [1.165, 1.54) is 35.2 Å². The van der Waals surface area contributed by atoms with Crippen LogP contribution in [0.25, 0.3) is 0 Å². The van der Waals surface area contributed by atoms with Crippen molar-refractivity contribution in [3.8, 4) is 5.75 Å². The lowest BCUT2D eigenvalue weighted by Crippen LogP contribution is -2.14. The molecule has 2 N–H and O–H groups in total. The maximum absolute atomic E-state index is 12.3. The van der Waals surface area contributed by atoms with Crippen LogP contribution in [0.4, 0.5) is 10.8 Å². The third kappa shape index (κ3) is 7.08. The molecule has 31 heavy (non-hydrogen) atoms. The minimum absolute atomic E-state index is 0.0963. The van der Waals surface area contributed by atoms with Gasteiger partial charge in [0.1, 0.15) is 5.75 Å². The minimum Gasteiger partial charge on any atom is -0.494 e. The molecule has 1 heterocycles. The Morgan fingerprint density at radius 1 is 1.10 bits per heavy atom. The second-order valence-electron chi connectivity index (χ2n) is 6.86. The molecule has 1 amide bonds. The van der Waals surface area contributed by atoms with E-state index in [9.17, 15) is 13.2 Å². The van der Waals surface area contributed by atoms with E-state index in [0.29, 0.717) is 30.3 Å². The molecule has 0 atom stereocenters. The highest BCUT2D eigenvalue weighted by molar-refractivity contribution is 7.93. The van der Waals surface area contributed by atoms with E-state index in [0.717, 1.165) is 18.6 Å². The van der Waals surface area contributed by atoms with Crippen molar-refractivity contribution in [2.75, 3.05) is 16.6 Å². The second-order valence-corrected chi connectivity index (χ2v) is 9.44. The van der Waals surface area contributed by atoms with Crippen molar-refractivity contribution in [2.24, 2.45) is 0 Å². The highest BCUT2D eigenvalue weighted by Crippen LogP contribution is 2.20. The molecule has 0 bridgehead atoms. The Morgan fingerprint density at radius 2 is 1.84 bits per heavy atom. The summed E-state index contributed by atoms with van der Waals surface area (Å²) in [7, 11) is -3.71. The molecule has 1 aromatic heterocycles. The predicted octanol–water partition coefficient (Wildman–Crippen LogP) is 4.69. The first-order valence-corrected chi connectivity index (χ1v) is 12.4. The number of aryl methyl sites for hydroxylation is 1. The third-order valence-electron chi connectivity index (χ3n) is 4.38. The Balaban J connectivity index is 1.42. The number of sulfonamides is 1. The van der Waals surface area contributed by atoms with Crippen LogP contribution in [0.5, 0.6) is 5.75 Å². The standard InChI is InChI=1S/C22H25N3O4S2/c1-2-4-17-6-10-19(11-7-17)29-15-3-5-21(26)24-18-8-12-20(13-9-18)31(27,28)25-22-23-14-16-30-22/h6-14,16H,2-5,15H2,1H3,(H,23,25)(H,24,26). The first kappa shape index (κ1) is 22.8. The summed E-state index contributed by atoms with van der Waals surface area (Å²) in [5.74, 6) is 0.641. The van der Waals surface area contributed by atoms with Gasteiger partial charge in [0.15, 0.2) is 5.13 Å². The molecule has 7 nitrogen and oxygen atoms in total. The SMILES string of the molecule is CCCc1ccc(OCCCC(=O)Nc2ccc(S(=O)(=O)Nc3nccs3)cc2)cc1. The molecule has 3 aromatic rings. The van der Waals surface area contributed by atoms with E-state index in [2.05, 4.69) is 34.1 Å². The van der Waals surface area contributed by atoms with Crippen LogP contribution in [-0.4, -0.2) is 25.9 Å². The minimum atomic E-state index is -3.71. The van der Waals surface area contributed by atoms with Gasteiger partial charge in [0.25, 0.3) is 10.0 Å².